The van der Waals surface area contributed by atoms with E-state index in [1.54, 1.807) is 4.90 Å². The van der Waals surface area contributed by atoms with Crippen LogP contribution in [-0.2, 0) is 9.59 Å². The maximum Gasteiger partial charge on any atom is 0.247 e. The Bertz CT molecular complexity index is 373. The molecule has 0 aromatic rings. The van der Waals surface area contributed by atoms with E-state index in [0.717, 1.165) is 44.6 Å². The molecule has 0 bridgehead atoms. The van der Waals surface area contributed by atoms with Gasteiger partial charge in [-0.3, -0.25) is 14.5 Å². The highest BCUT2D eigenvalue weighted by atomic mass is 16.2. The summed E-state index contributed by atoms with van der Waals surface area (Å²) in [5.41, 5.74) is 0. The number of carbonyl (C=O) groups excluding carboxylic acids is 2. The van der Waals surface area contributed by atoms with Crippen LogP contribution < -0.4 is 5.32 Å². The first-order valence-electron chi connectivity index (χ1n) is 8.35. The van der Waals surface area contributed by atoms with Crippen LogP contribution in [0.1, 0.15) is 64.2 Å². The predicted molar refractivity (Wildman–Crippen MR) is 77.1 cm³/mol. The second-order valence-corrected chi connectivity index (χ2v) is 6.69. The van der Waals surface area contributed by atoms with Crippen molar-refractivity contribution in [3.63, 3.8) is 0 Å². The lowest BCUT2D eigenvalue weighted by molar-refractivity contribution is -0.142. The molecule has 3 rings (SSSR count). The van der Waals surface area contributed by atoms with Crippen molar-refractivity contribution in [2.24, 2.45) is 5.92 Å². The zero-order chi connectivity index (χ0) is 13.9. The maximum absolute atomic E-state index is 12.4. The van der Waals surface area contributed by atoms with E-state index in [0.29, 0.717) is 6.42 Å². The van der Waals surface area contributed by atoms with Gasteiger partial charge in [-0.1, -0.05) is 32.1 Å². The second kappa shape index (κ2) is 6.25. The van der Waals surface area contributed by atoms with Crippen LogP contribution in [-0.4, -0.2) is 35.3 Å². The van der Waals surface area contributed by atoms with Gasteiger partial charge in [0, 0.05) is 6.04 Å². The van der Waals surface area contributed by atoms with Crippen molar-refractivity contribution in [2.75, 3.05) is 6.54 Å². The smallest absolute Gasteiger partial charge is 0.247 e. The van der Waals surface area contributed by atoms with Crippen LogP contribution in [0.25, 0.3) is 0 Å². The van der Waals surface area contributed by atoms with Gasteiger partial charge in [0.25, 0.3) is 0 Å². The van der Waals surface area contributed by atoms with E-state index in [1.807, 2.05) is 0 Å². The highest BCUT2D eigenvalue weighted by Gasteiger charge is 2.42. The molecule has 2 amide bonds. The lowest BCUT2D eigenvalue weighted by Crippen LogP contribution is -2.44. The van der Waals surface area contributed by atoms with Crippen LogP contribution in [0, 0.1) is 5.92 Å². The van der Waals surface area contributed by atoms with Crippen LogP contribution in [0.2, 0.25) is 0 Å². The molecule has 1 unspecified atom stereocenters. The maximum atomic E-state index is 12.4. The van der Waals surface area contributed by atoms with Crippen molar-refractivity contribution in [2.45, 2.75) is 76.3 Å². The van der Waals surface area contributed by atoms with E-state index in [2.05, 4.69) is 5.32 Å². The van der Waals surface area contributed by atoms with Crippen LogP contribution in [0.3, 0.4) is 0 Å². The summed E-state index contributed by atoms with van der Waals surface area (Å²) in [5, 5.41) is 3.30. The van der Waals surface area contributed by atoms with E-state index in [4.69, 9.17) is 0 Å². The molecule has 0 spiro atoms. The Morgan fingerprint density at radius 1 is 1.05 bits per heavy atom. The molecule has 3 fully saturated rings. The molecule has 1 saturated heterocycles. The van der Waals surface area contributed by atoms with Crippen LogP contribution in [0.15, 0.2) is 0 Å². The first-order chi connectivity index (χ1) is 9.75. The molecule has 1 atom stereocenters. The summed E-state index contributed by atoms with van der Waals surface area (Å²) in [7, 11) is 0. The van der Waals surface area contributed by atoms with Gasteiger partial charge in [0.15, 0.2) is 0 Å². The molecule has 20 heavy (non-hydrogen) atoms. The van der Waals surface area contributed by atoms with Gasteiger partial charge in [-0.15, -0.1) is 0 Å². The molecule has 112 valence electrons. The Morgan fingerprint density at radius 3 is 2.50 bits per heavy atom. The minimum atomic E-state index is -0.247. The number of hydrogen-bond donors (Lipinski definition) is 1. The first-order valence-corrected chi connectivity index (χ1v) is 8.35. The molecular formula is C16H26N2O2. The standard InChI is InChI=1S/C16H26N2O2/c19-15-11-14(17-10-4-5-12-8-9-12)16(20)18(15)13-6-2-1-3-7-13/h12-14,17H,1-11H2. The predicted octanol–water partition coefficient (Wildman–Crippen LogP) is 2.23. The largest absolute Gasteiger partial charge is 0.305 e. The minimum Gasteiger partial charge on any atom is -0.305 e. The quantitative estimate of drug-likeness (QED) is 0.599. The summed E-state index contributed by atoms with van der Waals surface area (Å²) < 4.78 is 0. The monoisotopic (exact) mass is 278 g/mol. The van der Waals surface area contributed by atoms with Crippen molar-refractivity contribution in [1.29, 1.82) is 0 Å². The Labute approximate surface area is 121 Å². The Balaban J connectivity index is 1.47. The molecule has 4 heteroatoms. The van der Waals surface area contributed by atoms with Gasteiger partial charge >= 0.3 is 0 Å². The second-order valence-electron chi connectivity index (χ2n) is 6.69. The van der Waals surface area contributed by atoms with Crippen LogP contribution in [0.4, 0.5) is 0 Å². The highest BCUT2D eigenvalue weighted by Crippen LogP contribution is 2.33. The fourth-order valence-electron chi connectivity index (χ4n) is 3.61. The SMILES string of the molecule is O=C1CC(NCCCC2CC2)C(=O)N1C1CCCCC1. The molecule has 2 aliphatic carbocycles. The van der Waals surface area contributed by atoms with E-state index >= 15 is 0 Å². The number of likely N-dealkylation sites (tertiary alicyclic amines) is 1. The van der Waals surface area contributed by atoms with Crippen molar-refractivity contribution in [3.8, 4) is 0 Å². The molecule has 4 nitrogen and oxygen atoms in total. The third-order valence-corrected chi connectivity index (χ3v) is 5.00. The number of carbonyl (C=O) groups is 2. The fraction of sp³-hybridized carbons (Fsp3) is 0.875. The van der Waals surface area contributed by atoms with Gasteiger partial charge in [-0.05, 0) is 38.1 Å². The minimum absolute atomic E-state index is 0.0355. The van der Waals surface area contributed by atoms with E-state index in [-0.39, 0.29) is 23.9 Å². The van der Waals surface area contributed by atoms with Crippen LogP contribution >= 0.6 is 0 Å². The van der Waals surface area contributed by atoms with Crippen molar-refractivity contribution < 1.29 is 9.59 Å². The highest BCUT2D eigenvalue weighted by molar-refractivity contribution is 6.05. The fourth-order valence-corrected chi connectivity index (χ4v) is 3.61. The number of nitrogens with one attached hydrogen (secondary N) is 1. The number of hydrogen-bond acceptors (Lipinski definition) is 3. The topological polar surface area (TPSA) is 49.4 Å². The first kappa shape index (κ1) is 14.1. The molecule has 3 aliphatic rings. The van der Waals surface area contributed by atoms with Crippen molar-refractivity contribution in [1.82, 2.24) is 10.2 Å². The van der Waals surface area contributed by atoms with Gasteiger partial charge in [-0.2, -0.15) is 0 Å². The summed E-state index contributed by atoms with van der Waals surface area (Å²) in [6, 6.07) is -0.0642. The normalized spacial score (nSPS) is 28.4. The molecule has 1 aliphatic heterocycles. The molecule has 1 heterocycles. The Hall–Kier alpha value is -0.900. The molecular weight excluding hydrogens is 252 g/mol. The Morgan fingerprint density at radius 2 is 1.80 bits per heavy atom. The lowest BCUT2D eigenvalue weighted by atomic mass is 9.94. The van der Waals surface area contributed by atoms with E-state index in [9.17, 15) is 9.59 Å². The lowest BCUT2D eigenvalue weighted by Gasteiger charge is -2.29. The van der Waals surface area contributed by atoms with Crippen molar-refractivity contribution in [3.05, 3.63) is 0 Å². The van der Waals surface area contributed by atoms with Gasteiger partial charge < -0.3 is 5.32 Å². The van der Waals surface area contributed by atoms with E-state index < -0.39 is 0 Å². The zero-order valence-electron chi connectivity index (χ0n) is 12.3. The number of rotatable bonds is 6. The number of imide groups is 1. The summed E-state index contributed by atoms with van der Waals surface area (Å²) >= 11 is 0. The molecule has 0 aromatic carbocycles. The molecule has 0 aromatic heterocycles. The summed E-state index contributed by atoms with van der Waals surface area (Å²) in [5.74, 6) is 1.02. The molecule has 0 radical (unpaired) electrons. The third-order valence-electron chi connectivity index (χ3n) is 5.00. The zero-order valence-corrected chi connectivity index (χ0v) is 12.3. The summed E-state index contributed by atoms with van der Waals surface area (Å²) in [6.07, 6.45) is 11.1. The Kier molecular flexibility index (Phi) is 4.39. The summed E-state index contributed by atoms with van der Waals surface area (Å²) in [4.78, 5) is 26.1. The number of amides is 2. The average molecular weight is 278 g/mol. The van der Waals surface area contributed by atoms with Crippen molar-refractivity contribution >= 4 is 11.8 Å². The molecule has 2 saturated carbocycles. The van der Waals surface area contributed by atoms with Gasteiger partial charge in [0.05, 0.1) is 12.5 Å². The summed E-state index contributed by atoms with van der Waals surface area (Å²) in [6.45, 7) is 0.874. The molecule has 1 N–H and O–H groups in total. The number of nitrogens with zero attached hydrogens (tertiary/aromatic N) is 1. The van der Waals surface area contributed by atoms with Gasteiger partial charge in [-0.25, -0.2) is 0 Å². The third kappa shape index (κ3) is 3.22. The van der Waals surface area contributed by atoms with Gasteiger partial charge in [0.1, 0.15) is 0 Å². The van der Waals surface area contributed by atoms with Gasteiger partial charge in [0.2, 0.25) is 11.8 Å². The van der Waals surface area contributed by atoms with Crippen LogP contribution in [0.5, 0.6) is 0 Å². The average Bonchev–Trinajstić information content (AvgIpc) is 3.23. The van der Waals surface area contributed by atoms with E-state index in [1.165, 1.54) is 25.7 Å².